The van der Waals surface area contributed by atoms with Crippen molar-refractivity contribution in [3.63, 3.8) is 0 Å². The molecular weight excluding hydrogens is 208 g/mol. The first-order valence-corrected chi connectivity index (χ1v) is 6.70. The number of ether oxygens (including phenoxy) is 1. The molecule has 2 aliphatic rings. The van der Waals surface area contributed by atoms with Crippen LogP contribution >= 0.6 is 0 Å². The molecule has 1 aromatic rings. The van der Waals surface area contributed by atoms with E-state index in [0.29, 0.717) is 17.9 Å². The summed E-state index contributed by atoms with van der Waals surface area (Å²) in [6, 6.07) is 10.7. The fourth-order valence-corrected chi connectivity index (χ4v) is 3.44. The Morgan fingerprint density at radius 1 is 1.06 bits per heavy atom. The Hall–Kier alpha value is -1.08. The van der Waals surface area contributed by atoms with Crippen LogP contribution in [0.5, 0.6) is 0 Å². The van der Waals surface area contributed by atoms with Crippen molar-refractivity contribution in [1.29, 1.82) is 0 Å². The quantitative estimate of drug-likeness (QED) is 0.657. The van der Waals surface area contributed by atoms with Crippen LogP contribution in [-0.4, -0.2) is 6.61 Å². The van der Waals surface area contributed by atoms with Crippen molar-refractivity contribution in [1.82, 2.24) is 0 Å². The van der Waals surface area contributed by atoms with Crippen LogP contribution < -0.4 is 0 Å². The molecule has 0 bridgehead atoms. The molecule has 1 saturated heterocycles. The molecule has 1 heteroatoms. The van der Waals surface area contributed by atoms with Crippen LogP contribution in [0.2, 0.25) is 0 Å². The third-order valence-corrected chi connectivity index (χ3v) is 4.31. The lowest BCUT2D eigenvalue weighted by Gasteiger charge is -2.42. The van der Waals surface area contributed by atoms with Gasteiger partial charge in [-0.3, -0.25) is 0 Å². The van der Waals surface area contributed by atoms with Gasteiger partial charge in [-0.15, -0.1) is 0 Å². The molecule has 1 aromatic carbocycles. The summed E-state index contributed by atoms with van der Waals surface area (Å²) < 4.78 is 6.05. The highest BCUT2D eigenvalue weighted by Crippen LogP contribution is 2.46. The van der Waals surface area contributed by atoms with E-state index < -0.39 is 0 Å². The van der Waals surface area contributed by atoms with Gasteiger partial charge in [-0.1, -0.05) is 49.8 Å². The third kappa shape index (κ3) is 2.04. The molecule has 1 heterocycles. The first-order valence-electron chi connectivity index (χ1n) is 6.70. The smallest absolute Gasteiger partial charge is 0.0863 e. The van der Waals surface area contributed by atoms with Gasteiger partial charge in [0.05, 0.1) is 12.7 Å². The van der Waals surface area contributed by atoms with Crippen molar-refractivity contribution in [3.05, 3.63) is 48.0 Å². The highest BCUT2D eigenvalue weighted by Gasteiger charge is 2.38. The lowest BCUT2D eigenvalue weighted by molar-refractivity contribution is -0.0408. The molecule has 1 aliphatic heterocycles. The van der Waals surface area contributed by atoms with Gasteiger partial charge in [0.1, 0.15) is 0 Å². The summed E-state index contributed by atoms with van der Waals surface area (Å²) in [7, 11) is 0. The zero-order valence-corrected chi connectivity index (χ0v) is 10.3. The second-order valence-corrected chi connectivity index (χ2v) is 5.36. The molecule has 0 amide bonds. The molecule has 3 rings (SSSR count). The van der Waals surface area contributed by atoms with Gasteiger partial charge in [-0.05, 0) is 35.8 Å². The van der Waals surface area contributed by atoms with Crippen LogP contribution in [0.1, 0.15) is 37.4 Å². The molecule has 2 fully saturated rings. The molecule has 0 spiro atoms. The monoisotopic (exact) mass is 228 g/mol. The first kappa shape index (κ1) is 11.0. The van der Waals surface area contributed by atoms with E-state index in [1.54, 1.807) is 0 Å². The van der Waals surface area contributed by atoms with Gasteiger partial charge >= 0.3 is 0 Å². The molecule has 1 aliphatic carbocycles. The summed E-state index contributed by atoms with van der Waals surface area (Å²) in [5.74, 6) is 1.36. The standard InChI is InChI=1S/C16H20O/c1-12-11-17-16(13-7-3-2-4-8-13)15-10-6-5-9-14(12)15/h2-4,7-8,14-16H,1,5-6,9-11H2/t14-,15?,16?/m0/s1. The van der Waals surface area contributed by atoms with Crippen LogP contribution in [0, 0.1) is 11.8 Å². The van der Waals surface area contributed by atoms with Crippen LogP contribution in [0.25, 0.3) is 0 Å². The fraction of sp³-hybridized carbons (Fsp3) is 0.500. The Morgan fingerprint density at radius 2 is 1.82 bits per heavy atom. The zero-order chi connectivity index (χ0) is 11.7. The van der Waals surface area contributed by atoms with Crippen molar-refractivity contribution >= 4 is 0 Å². The summed E-state index contributed by atoms with van der Waals surface area (Å²) in [5.41, 5.74) is 2.67. The van der Waals surface area contributed by atoms with Gasteiger partial charge in [0, 0.05) is 0 Å². The lowest BCUT2D eigenvalue weighted by atomic mass is 9.70. The molecule has 90 valence electrons. The summed E-state index contributed by atoms with van der Waals surface area (Å²) in [6.45, 7) is 4.95. The minimum Gasteiger partial charge on any atom is -0.369 e. The van der Waals surface area contributed by atoms with Gasteiger partial charge < -0.3 is 4.74 Å². The Morgan fingerprint density at radius 3 is 2.65 bits per heavy atom. The Kier molecular flexibility index (Phi) is 3.02. The Bertz CT molecular complexity index is 395. The number of rotatable bonds is 1. The van der Waals surface area contributed by atoms with Crippen LogP contribution in [0.15, 0.2) is 42.5 Å². The average molecular weight is 228 g/mol. The van der Waals surface area contributed by atoms with E-state index >= 15 is 0 Å². The van der Waals surface area contributed by atoms with Crippen LogP contribution in [0.4, 0.5) is 0 Å². The van der Waals surface area contributed by atoms with Crippen molar-refractivity contribution in [2.24, 2.45) is 11.8 Å². The van der Waals surface area contributed by atoms with E-state index in [-0.39, 0.29) is 0 Å². The predicted molar refractivity (Wildman–Crippen MR) is 69.7 cm³/mol. The normalized spacial score (nSPS) is 33.2. The van der Waals surface area contributed by atoms with Gasteiger partial charge in [0.15, 0.2) is 0 Å². The van der Waals surface area contributed by atoms with E-state index in [1.807, 2.05) is 0 Å². The molecular formula is C16H20O. The van der Waals surface area contributed by atoms with E-state index in [9.17, 15) is 0 Å². The minimum absolute atomic E-state index is 0.298. The minimum atomic E-state index is 0.298. The number of hydrogen-bond donors (Lipinski definition) is 0. The molecule has 0 N–H and O–H groups in total. The second kappa shape index (κ2) is 4.66. The first-order chi connectivity index (χ1) is 8.36. The summed E-state index contributed by atoms with van der Waals surface area (Å²) in [5, 5.41) is 0. The van der Waals surface area contributed by atoms with Crippen molar-refractivity contribution in [3.8, 4) is 0 Å². The second-order valence-electron chi connectivity index (χ2n) is 5.36. The van der Waals surface area contributed by atoms with Crippen molar-refractivity contribution < 1.29 is 4.74 Å². The highest BCUT2D eigenvalue weighted by atomic mass is 16.5. The maximum atomic E-state index is 6.05. The van der Waals surface area contributed by atoms with E-state index in [2.05, 4.69) is 36.9 Å². The third-order valence-electron chi connectivity index (χ3n) is 4.31. The maximum Gasteiger partial charge on any atom is 0.0863 e. The fourth-order valence-electron chi connectivity index (χ4n) is 3.44. The number of hydrogen-bond acceptors (Lipinski definition) is 1. The summed E-state index contributed by atoms with van der Waals surface area (Å²) in [4.78, 5) is 0. The molecule has 2 unspecified atom stereocenters. The van der Waals surface area contributed by atoms with Crippen molar-refractivity contribution in [2.45, 2.75) is 31.8 Å². The van der Waals surface area contributed by atoms with Gasteiger partial charge in [-0.25, -0.2) is 0 Å². The van der Waals surface area contributed by atoms with E-state index in [1.165, 1.54) is 36.8 Å². The molecule has 3 atom stereocenters. The topological polar surface area (TPSA) is 9.23 Å². The SMILES string of the molecule is C=C1COC(c2ccccc2)C2CCCC[C@@H]12. The maximum absolute atomic E-state index is 6.05. The average Bonchev–Trinajstić information content (AvgIpc) is 2.41. The molecule has 17 heavy (non-hydrogen) atoms. The number of fused-ring (bicyclic) bond motifs is 1. The Labute approximate surface area is 103 Å². The largest absolute Gasteiger partial charge is 0.369 e. The Balaban J connectivity index is 1.87. The highest BCUT2D eigenvalue weighted by molar-refractivity contribution is 5.22. The molecule has 0 radical (unpaired) electrons. The summed E-state index contributed by atoms with van der Waals surface area (Å²) >= 11 is 0. The molecule has 1 saturated carbocycles. The molecule has 1 nitrogen and oxygen atoms in total. The predicted octanol–water partition coefficient (Wildman–Crippen LogP) is 4.12. The van der Waals surface area contributed by atoms with Crippen LogP contribution in [0.3, 0.4) is 0 Å². The van der Waals surface area contributed by atoms with E-state index in [0.717, 1.165) is 6.61 Å². The van der Waals surface area contributed by atoms with Gasteiger partial charge in [0.25, 0.3) is 0 Å². The number of benzene rings is 1. The molecule has 0 aromatic heterocycles. The van der Waals surface area contributed by atoms with Gasteiger partial charge in [-0.2, -0.15) is 0 Å². The van der Waals surface area contributed by atoms with E-state index in [4.69, 9.17) is 4.74 Å². The van der Waals surface area contributed by atoms with Gasteiger partial charge in [0.2, 0.25) is 0 Å². The lowest BCUT2D eigenvalue weighted by Crippen LogP contribution is -2.34. The van der Waals surface area contributed by atoms with Crippen LogP contribution in [-0.2, 0) is 4.74 Å². The summed E-state index contributed by atoms with van der Waals surface area (Å²) in [6.07, 6.45) is 5.62. The van der Waals surface area contributed by atoms with Crippen molar-refractivity contribution in [2.75, 3.05) is 6.61 Å². The zero-order valence-electron chi connectivity index (χ0n) is 10.3.